The van der Waals surface area contributed by atoms with E-state index in [4.69, 9.17) is 9.97 Å². The monoisotopic (exact) mass is 540 g/mol. The Hall–Kier alpha value is -2.70. The first-order valence-electron chi connectivity index (χ1n) is 16.1. The number of imidazole rings is 2. The van der Waals surface area contributed by atoms with Crippen molar-refractivity contribution in [2.24, 2.45) is 11.8 Å². The van der Waals surface area contributed by atoms with Crippen molar-refractivity contribution in [3.8, 4) is 11.1 Å². The summed E-state index contributed by atoms with van der Waals surface area (Å²) in [6.45, 7) is 14.0. The Kier molecular flexibility index (Phi) is 8.27. The summed E-state index contributed by atoms with van der Waals surface area (Å²) < 4.78 is 0. The van der Waals surface area contributed by atoms with Crippen LogP contribution in [0.2, 0.25) is 0 Å². The maximum Gasteiger partial charge on any atom is 0.124 e. The number of hydrogen-bond donors (Lipinski definition) is 2. The lowest BCUT2D eigenvalue weighted by atomic mass is 10.0. The van der Waals surface area contributed by atoms with E-state index in [-0.39, 0.29) is 0 Å². The van der Waals surface area contributed by atoms with Crippen molar-refractivity contribution in [2.75, 3.05) is 26.2 Å². The molecule has 0 spiro atoms. The summed E-state index contributed by atoms with van der Waals surface area (Å²) in [6, 6.07) is 14.2. The highest BCUT2D eigenvalue weighted by atomic mass is 15.2. The quantitative estimate of drug-likeness (QED) is 0.201. The highest BCUT2D eigenvalue weighted by molar-refractivity contribution is 5.86. The van der Waals surface area contributed by atoms with Crippen LogP contribution in [0.3, 0.4) is 0 Å². The van der Waals surface area contributed by atoms with E-state index in [1.165, 1.54) is 88.7 Å². The fraction of sp³-hybridized carbons (Fsp3) is 0.588. The third-order valence-corrected chi connectivity index (χ3v) is 9.99. The first-order chi connectivity index (χ1) is 19.6. The zero-order chi connectivity index (χ0) is 27.6. The van der Waals surface area contributed by atoms with Gasteiger partial charge in [0.15, 0.2) is 0 Å². The number of benzene rings is 2. The summed E-state index contributed by atoms with van der Waals surface area (Å²) in [5.74, 6) is 3.82. The second-order valence-corrected chi connectivity index (χ2v) is 12.4. The number of hydrogen-bond acceptors (Lipinski definition) is 4. The minimum Gasteiger partial charge on any atom is -0.341 e. The minimum absolute atomic E-state index is 0.413. The molecule has 0 unspecified atom stereocenters. The molecule has 6 rings (SSSR count). The molecule has 2 saturated heterocycles. The third kappa shape index (κ3) is 5.45. The van der Waals surface area contributed by atoms with Crippen molar-refractivity contribution in [2.45, 2.75) is 91.1 Å². The predicted molar refractivity (Wildman–Crippen MR) is 166 cm³/mol. The van der Waals surface area contributed by atoms with Crippen LogP contribution in [0, 0.1) is 11.8 Å². The Morgan fingerprint density at radius 3 is 1.50 bits per heavy atom. The molecule has 2 aromatic heterocycles. The Morgan fingerprint density at radius 1 is 0.675 bits per heavy atom. The van der Waals surface area contributed by atoms with E-state index >= 15 is 0 Å². The number of rotatable bonds is 11. The molecular weight excluding hydrogens is 492 g/mol. The highest BCUT2D eigenvalue weighted by Crippen LogP contribution is 2.35. The van der Waals surface area contributed by atoms with Crippen molar-refractivity contribution in [1.29, 1.82) is 0 Å². The molecule has 6 nitrogen and oxygen atoms in total. The lowest BCUT2D eigenvalue weighted by molar-refractivity contribution is 0.204. The van der Waals surface area contributed by atoms with Crippen molar-refractivity contribution in [3.63, 3.8) is 0 Å². The zero-order valence-electron chi connectivity index (χ0n) is 25.0. The van der Waals surface area contributed by atoms with Gasteiger partial charge >= 0.3 is 0 Å². The number of likely N-dealkylation sites (tertiary alicyclic amines) is 2. The van der Waals surface area contributed by atoms with Gasteiger partial charge in [0.25, 0.3) is 0 Å². The molecule has 0 aliphatic carbocycles. The maximum atomic E-state index is 5.06. The largest absolute Gasteiger partial charge is 0.341 e. The van der Waals surface area contributed by atoms with E-state index in [9.17, 15) is 0 Å². The summed E-state index contributed by atoms with van der Waals surface area (Å²) >= 11 is 0. The molecule has 214 valence electrons. The summed E-state index contributed by atoms with van der Waals surface area (Å²) in [6.07, 6.45) is 9.92. The van der Waals surface area contributed by atoms with Gasteiger partial charge < -0.3 is 9.97 Å². The van der Waals surface area contributed by atoms with Crippen LogP contribution in [-0.2, 0) is 0 Å². The summed E-state index contributed by atoms with van der Waals surface area (Å²) in [5, 5.41) is 0. The van der Waals surface area contributed by atoms with E-state index in [0.717, 1.165) is 45.6 Å². The van der Waals surface area contributed by atoms with E-state index in [1.54, 1.807) is 0 Å². The van der Waals surface area contributed by atoms with Gasteiger partial charge in [0.1, 0.15) is 11.6 Å². The molecular formula is C34H48N6. The van der Waals surface area contributed by atoms with Crippen LogP contribution in [0.1, 0.15) is 103 Å². The van der Waals surface area contributed by atoms with Gasteiger partial charge in [0.05, 0.1) is 34.2 Å². The Balaban J connectivity index is 1.22. The number of aromatic nitrogens is 4. The first kappa shape index (κ1) is 27.5. The molecule has 2 fully saturated rings. The molecule has 2 aromatic carbocycles. The third-order valence-electron chi connectivity index (χ3n) is 9.99. The van der Waals surface area contributed by atoms with Crippen molar-refractivity contribution >= 4 is 22.1 Å². The average molecular weight is 541 g/mol. The van der Waals surface area contributed by atoms with Crippen molar-refractivity contribution < 1.29 is 0 Å². The molecule has 0 saturated carbocycles. The normalized spacial score (nSPS) is 20.8. The van der Waals surface area contributed by atoms with Crippen molar-refractivity contribution in [1.82, 2.24) is 29.7 Å². The topological polar surface area (TPSA) is 63.8 Å². The van der Waals surface area contributed by atoms with E-state index < -0.39 is 0 Å². The lowest BCUT2D eigenvalue weighted by Gasteiger charge is -2.26. The average Bonchev–Trinajstić information content (AvgIpc) is 3.78. The summed E-state index contributed by atoms with van der Waals surface area (Å²) in [7, 11) is 0. The molecule has 0 radical (unpaired) electrons. The van der Waals surface area contributed by atoms with Gasteiger partial charge in [-0.05, 0) is 86.0 Å². The van der Waals surface area contributed by atoms with Crippen molar-refractivity contribution in [3.05, 3.63) is 48.0 Å². The van der Waals surface area contributed by atoms with Gasteiger partial charge in [-0.25, -0.2) is 9.97 Å². The molecule has 4 aromatic rings. The van der Waals surface area contributed by atoms with Crippen LogP contribution in [0.25, 0.3) is 33.2 Å². The number of H-pyrrole nitrogens is 2. The summed E-state index contributed by atoms with van der Waals surface area (Å²) in [5.41, 5.74) is 6.84. The molecule has 2 aliphatic rings. The van der Waals surface area contributed by atoms with E-state index in [1.807, 2.05) is 0 Å². The van der Waals surface area contributed by atoms with Gasteiger partial charge in [-0.3, -0.25) is 9.80 Å². The van der Waals surface area contributed by atoms with Gasteiger partial charge in [-0.2, -0.15) is 0 Å². The molecule has 40 heavy (non-hydrogen) atoms. The second kappa shape index (κ2) is 12.0. The van der Waals surface area contributed by atoms with Crippen LogP contribution in [-0.4, -0.2) is 55.9 Å². The lowest BCUT2D eigenvalue weighted by Crippen LogP contribution is -2.29. The van der Waals surface area contributed by atoms with Crippen LogP contribution in [0.15, 0.2) is 36.4 Å². The number of nitrogens with one attached hydrogen (secondary N) is 2. The van der Waals surface area contributed by atoms with Gasteiger partial charge in [-0.15, -0.1) is 0 Å². The Morgan fingerprint density at radius 2 is 1.10 bits per heavy atom. The molecule has 4 heterocycles. The number of fused-ring (bicyclic) bond motifs is 2. The minimum atomic E-state index is 0.413. The molecule has 0 bridgehead atoms. The first-order valence-corrected chi connectivity index (χ1v) is 16.1. The standard InChI is InChI=1S/C34H48N6/c1-5-23(6-2)21-39-17-9-11-31(39)33-35-27-15-13-25(19-29(27)37-33)26-14-16-28-30(20-26)38-34(36-28)32-12-10-18-40(32)22-24(7-3)8-4/h13-16,19-20,23-24,31-32H,5-12,17-18,21-22H2,1-4H3,(H,35,37)(H,36,38)/t31-,32-/m0/s1. The predicted octanol–water partition coefficient (Wildman–Crippen LogP) is 8.25. The molecule has 0 amide bonds. The van der Waals surface area contributed by atoms with Gasteiger partial charge in [0, 0.05) is 13.1 Å². The smallest absolute Gasteiger partial charge is 0.124 e. The second-order valence-electron chi connectivity index (χ2n) is 12.4. The Bertz CT molecular complexity index is 1300. The molecule has 2 aliphatic heterocycles. The highest BCUT2D eigenvalue weighted by Gasteiger charge is 2.31. The van der Waals surface area contributed by atoms with Crippen LogP contribution in [0.4, 0.5) is 0 Å². The van der Waals surface area contributed by atoms with Gasteiger partial charge in [0.2, 0.25) is 0 Å². The molecule has 2 atom stereocenters. The zero-order valence-corrected chi connectivity index (χ0v) is 25.0. The molecule has 2 N–H and O–H groups in total. The SMILES string of the molecule is CCC(CC)CN1CCC[C@H]1c1nc2ccc(-c3ccc4nc([C@@H]5CCCN5CC(CC)CC)[nH]c4c3)cc2[nH]1. The summed E-state index contributed by atoms with van der Waals surface area (Å²) in [4.78, 5) is 22.9. The fourth-order valence-corrected chi connectivity index (χ4v) is 7.20. The van der Waals surface area contributed by atoms with Crippen LogP contribution in [0.5, 0.6) is 0 Å². The maximum absolute atomic E-state index is 5.06. The van der Waals surface area contributed by atoms with Crippen LogP contribution < -0.4 is 0 Å². The van der Waals surface area contributed by atoms with E-state index in [0.29, 0.717) is 12.1 Å². The fourth-order valence-electron chi connectivity index (χ4n) is 7.20. The Labute approximate surface area is 240 Å². The van der Waals surface area contributed by atoms with E-state index in [2.05, 4.69) is 83.9 Å². The van der Waals surface area contributed by atoms with Crippen LogP contribution >= 0.6 is 0 Å². The molecule has 6 heteroatoms. The number of aromatic amines is 2. The van der Waals surface area contributed by atoms with Gasteiger partial charge in [-0.1, -0.05) is 65.5 Å². The number of nitrogens with zero attached hydrogens (tertiary/aromatic N) is 4.